The van der Waals surface area contributed by atoms with Gasteiger partial charge in [0, 0.05) is 6.20 Å². The van der Waals surface area contributed by atoms with E-state index in [1.54, 1.807) is 12.3 Å². The Hall–Kier alpha value is -1.74. The van der Waals surface area contributed by atoms with Crippen LogP contribution in [0.4, 0.5) is 4.39 Å². The van der Waals surface area contributed by atoms with Gasteiger partial charge in [0.05, 0.1) is 11.7 Å². The zero-order chi connectivity index (χ0) is 13.8. The van der Waals surface area contributed by atoms with Crippen molar-refractivity contribution < 1.29 is 4.39 Å². The van der Waals surface area contributed by atoms with Crippen molar-refractivity contribution in [3.8, 4) is 0 Å². The molecule has 2 nitrogen and oxygen atoms in total. The second-order valence-electron chi connectivity index (χ2n) is 4.91. The number of aryl methyl sites for hydroxylation is 2. The summed E-state index contributed by atoms with van der Waals surface area (Å²) in [6, 6.07) is 9.37. The number of rotatable bonds is 4. The van der Waals surface area contributed by atoms with Crippen LogP contribution in [0.1, 0.15) is 28.4 Å². The number of aromatic nitrogens is 1. The minimum Gasteiger partial charge on any atom is -0.311 e. The summed E-state index contributed by atoms with van der Waals surface area (Å²) in [6.07, 6.45) is 2.36. The molecule has 0 radical (unpaired) electrons. The number of halogens is 1. The molecule has 1 heterocycles. The third-order valence-electron chi connectivity index (χ3n) is 3.19. The molecule has 0 fully saturated rings. The topological polar surface area (TPSA) is 24.9 Å². The summed E-state index contributed by atoms with van der Waals surface area (Å²) >= 11 is 0. The first-order chi connectivity index (χ1) is 9.10. The van der Waals surface area contributed by atoms with Crippen LogP contribution in [0.25, 0.3) is 0 Å². The summed E-state index contributed by atoms with van der Waals surface area (Å²) < 4.78 is 13.8. The molecule has 1 N–H and O–H groups in total. The second-order valence-corrected chi connectivity index (χ2v) is 4.91. The van der Waals surface area contributed by atoms with Gasteiger partial charge in [-0.2, -0.15) is 0 Å². The molecule has 19 heavy (non-hydrogen) atoms. The summed E-state index contributed by atoms with van der Waals surface area (Å²) in [6.45, 7) is 4.15. The van der Waals surface area contributed by atoms with Gasteiger partial charge in [-0.15, -0.1) is 0 Å². The van der Waals surface area contributed by atoms with E-state index in [1.165, 1.54) is 22.8 Å². The summed E-state index contributed by atoms with van der Waals surface area (Å²) in [5.74, 6) is -0.258. The Morgan fingerprint density at radius 2 is 1.89 bits per heavy atom. The molecule has 3 heteroatoms. The lowest BCUT2D eigenvalue weighted by molar-refractivity contribution is 0.516. The number of benzene rings is 1. The van der Waals surface area contributed by atoms with Gasteiger partial charge < -0.3 is 5.32 Å². The van der Waals surface area contributed by atoms with Crippen LogP contribution in [0.5, 0.6) is 0 Å². The van der Waals surface area contributed by atoms with Crippen molar-refractivity contribution >= 4 is 0 Å². The Morgan fingerprint density at radius 3 is 2.47 bits per heavy atom. The molecule has 100 valence electrons. The number of hydrogen-bond donors (Lipinski definition) is 1. The van der Waals surface area contributed by atoms with Crippen LogP contribution >= 0.6 is 0 Å². The van der Waals surface area contributed by atoms with Crippen LogP contribution in [0.3, 0.4) is 0 Å². The molecule has 0 aliphatic heterocycles. The Labute approximate surface area is 113 Å². The molecule has 0 saturated carbocycles. The van der Waals surface area contributed by atoms with Gasteiger partial charge in [-0.1, -0.05) is 29.3 Å². The van der Waals surface area contributed by atoms with Crippen LogP contribution in [0, 0.1) is 19.7 Å². The third-order valence-corrected chi connectivity index (χ3v) is 3.19. The monoisotopic (exact) mass is 258 g/mol. The van der Waals surface area contributed by atoms with E-state index in [2.05, 4.69) is 42.3 Å². The van der Waals surface area contributed by atoms with Crippen LogP contribution in [-0.4, -0.2) is 12.0 Å². The zero-order valence-corrected chi connectivity index (χ0v) is 11.6. The lowest BCUT2D eigenvalue weighted by Crippen LogP contribution is -2.21. The molecule has 0 aliphatic rings. The highest BCUT2D eigenvalue weighted by Gasteiger charge is 2.15. The molecule has 0 aliphatic carbocycles. The van der Waals surface area contributed by atoms with Gasteiger partial charge in [-0.3, -0.25) is 4.98 Å². The lowest BCUT2D eigenvalue weighted by Gasteiger charge is -2.17. The maximum Gasteiger partial charge on any atom is 0.146 e. The molecule has 0 amide bonds. The first kappa shape index (κ1) is 13.7. The largest absolute Gasteiger partial charge is 0.311 e. The quantitative estimate of drug-likeness (QED) is 0.909. The van der Waals surface area contributed by atoms with Crippen molar-refractivity contribution in [3.63, 3.8) is 0 Å². The van der Waals surface area contributed by atoms with Crippen molar-refractivity contribution in [2.75, 3.05) is 7.05 Å². The van der Waals surface area contributed by atoms with Gasteiger partial charge in [-0.05, 0) is 45.0 Å². The molecule has 0 spiro atoms. The van der Waals surface area contributed by atoms with Crippen LogP contribution in [0.2, 0.25) is 0 Å². The van der Waals surface area contributed by atoms with Gasteiger partial charge in [0.25, 0.3) is 0 Å². The molecule has 2 aromatic rings. The first-order valence-corrected chi connectivity index (χ1v) is 6.45. The average Bonchev–Trinajstić information content (AvgIpc) is 2.36. The van der Waals surface area contributed by atoms with Gasteiger partial charge in [0.15, 0.2) is 0 Å². The molecular formula is C16H19FN2. The fourth-order valence-corrected chi connectivity index (χ4v) is 2.41. The van der Waals surface area contributed by atoms with Gasteiger partial charge in [0.1, 0.15) is 5.82 Å². The normalized spacial score (nSPS) is 12.4. The highest BCUT2D eigenvalue weighted by molar-refractivity contribution is 5.30. The highest BCUT2D eigenvalue weighted by Crippen LogP contribution is 2.20. The molecule has 1 unspecified atom stereocenters. The average molecular weight is 258 g/mol. The number of likely N-dealkylation sites (N-methyl/N-ethyl adjacent to an activating group) is 1. The van der Waals surface area contributed by atoms with Crippen molar-refractivity contribution in [2.24, 2.45) is 0 Å². The lowest BCUT2D eigenvalue weighted by atomic mass is 9.99. The minimum atomic E-state index is -0.258. The van der Waals surface area contributed by atoms with Gasteiger partial charge in [-0.25, -0.2) is 4.39 Å². The second kappa shape index (κ2) is 5.93. The number of nitrogens with one attached hydrogen (secondary N) is 1. The van der Waals surface area contributed by atoms with Gasteiger partial charge in [0.2, 0.25) is 0 Å². The molecule has 1 atom stereocenters. The fourth-order valence-electron chi connectivity index (χ4n) is 2.41. The molecule has 1 aromatic carbocycles. The van der Waals surface area contributed by atoms with Crippen molar-refractivity contribution in [2.45, 2.75) is 26.3 Å². The Bertz CT molecular complexity index is 546. The minimum absolute atomic E-state index is 0.109. The van der Waals surface area contributed by atoms with Crippen molar-refractivity contribution in [3.05, 3.63) is 64.7 Å². The first-order valence-electron chi connectivity index (χ1n) is 6.45. The molecular weight excluding hydrogens is 239 g/mol. The number of hydrogen-bond acceptors (Lipinski definition) is 2. The van der Waals surface area contributed by atoms with Crippen LogP contribution in [-0.2, 0) is 6.42 Å². The van der Waals surface area contributed by atoms with E-state index in [1.807, 2.05) is 7.05 Å². The van der Waals surface area contributed by atoms with E-state index >= 15 is 0 Å². The molecule has 0 saturated heterocycles. The van der Waals surface area contributed by atoms with E-state index in [-0.39, 0.29) is 11.9 Å². The Morgan fingerprint density at radius 1 is 1.21 bits per heavy atom. The predicted molar refractivity (Wildman–Crippen MR) is 75.6 cm³/mol. The van der Waals surface area contributed by atoms with Gasteiger partial charge >= 0.3 is 0 Å². The van der Waals surface area contributed by atoms with E-state index in [0.717, 1.165) is 6.42 Å². The van der Waals surface area contributed by atoms with E-state index in [0.29, 0.717) is 5.69 Å². The van der Waals surface area contributed by atoms with Crippen LogP contribution < -0.4 is 5.32 Å². The fraction of sp³-hybridized carbons (Fsp3) is 0.312. The Balaban J connectivity index is 2.26. The number of pyridine rings is 1. The Kier molecular flexibility index (Phi) is 4.27. The predicted octanol–water partition coefficient (Wildman–Crippen LogP) is 3.34. The van der Waals surface area contributed by atoms with E-state index in [4.69, 9.17) is 0 Å². The summed E-state index contributed by atoms with van der Waals surface area (Å²) in [5, 5.41) is 3.14. The molecule has 0 bridgehead atoms. The maximum absolute atomic E-state index is 13.8. The standard InChI is InChI=1S/C16H19FN2/c1-11-7-12(2)9-13(8-11)10-15(18-3)16-14(17)5-4-6-19-16/h4-9,15,18H,10H2,1-3H3. The summed E-state index contributed by atoms with van der Waals surface area (Å²) in [7, 11) is 1.83. The number of nitrogens with zero attached hydrogens (tertiary/aromatic N) is 1. The summed E-state index contributed by atoms with van der Waals surface area (Å²) in [4.78, 5) is 4.15. The van der Waals surface area contributed by atoms with Crippen molar-refractivity contribution in [1.82, 2.24) is 10.3 Å². The summed E-state index contributed by atoms with van der Waals surface area (Å²) in [5.41, 5.74) is 4.13. The maximum atomic E-state index is 13.8. The third kappa shape index (κ3) is 3.38. The smallest absolute Gasteiger partial charge is 0.146 e. The molecule has 2 rings (SSSR count). The molecule has 1 aromatic heterocycles. The van der Waals surface area contributed by atoms with Crippen molar-refractivity contribution in [1.29, 1.82) is 0 Å². The highest BCUT2D eigenvalue weighted by atomic mass is 19.1. The zero-order valence-electron chi connectivity index (χ0n) is 11.6. The van der Waals surface area contributed by atoms with Crippen LogP contribution in [0.15, 0.2) is 36.5 Å². The van der Waals surface area contributed by atoms with E-state index < -0.39 is 0 Å². The van der Waals surface area contributed by atoms with E-state index in [9.17, 15) is 4.39 Å². The SMILES string of the molecule is CNC(Cc1cc(C)cc(C)c1)c1ncccc1F.